The highest BCUT2D eigenvalue weighted by Crippen LogP contribution is 2.41. The molecule has 0 spiro atoms. The van der Waals surface area contributed by atoms with Crippen LogP contribution in [-0.4, -0.2) is 34.0 Å². The van der Waals surface area contributed by atoms with Crippen LogP contribution >= 0.6 is 70.4 Å². The molecular formula is C13H12Cl4N2OS2. The molecule has 2 rings (SSSR count). The highest BCUT2D eigenvalue weighted by molar-refractivity contribution is 8.23. The van der Waals surface area contributed by atoms with E-state index in [9.17, 15) is 4.79 Å². The number of carbonyl (C=O) groups excluding carboxylic acids is 1. The summed E-state index contributed by atoms with van der Waals surface area (Å²) in [6, 6.07) is 1.43. The summed E-state index contributed by atoms with van der Waals surface area (Å²) in [4.78, 5) is 14.1. The Hall–Kier alpha value is 0.0900. The first-order valence-electron chi connectivity index (χ1n) is 6.44. The third kappa shape index (κ3) is 4.56. The lowest BCUT2D eigenvalue weighted by molar-refractivity contribution is -0.113. The zero-order valence-corrected chi connectivity index (χ0v) is 16.0. The molecule has 9 heteroatoms. The summed E-state index contributed by atoms with van der Waals surface area (Å²) in [6.45, 7) is 1.91. The van der Waals surface area contributed by atoms with Crippen molar-refractivity contribution in [3.8, 4) is 0 Å². The predicted octanol–water partition coefficient (Wildman–Crippen LogP) is 5.35. The third-order valence-electron chi connectivity index (χ3n) is 3.07. The second-order valence-corrected chi connectivity index (χ2v) is 7.82. The van der Waals surface area contributed by atoms with Gasteiger partial charge in [0.25, 0.3) is 0 Å². The summed E-state index contributed by atoms with van der Waals surface area (Å²) in [5.41, 5.74) is 0.221. The molecule has 0 unspecified atom stereocenters. The normalized spacial score (nSPS) is 14.3. The van der Waals surface area contributed by atoms with Crippen LogP contribution in [0.4, 0.5) is 5.69 Å². The molecule has 1 aromatic carbocycles. The molecule has 1 aromatic rings. The van der Waals surface area contributed by atoms with E-state index in [1.165, 1.54) is 17.8 Å². The summed E-state index contributed by atoms with van der Waals surface area (Å²) in [7, 11) is 0. The molecule has 0 atom stereocenters. The van der Waals surface area contributed by atoms with Gasteiger partial charge in [-0.25, -0.2) is 0 Å². The molecule has 0 aromatic heterocycles. The number of anilines is 1. The van der Waals surface area contributed by atoms with E-state index in [2.05, 4.69) is 10.2 Å². The predicted molar refractivity (Wildman–Crippen MR) is 101 cm³/mol. The summed E-state index contributed by atoms with van der Waals surface area (Å²) >= 11 is 30.6. The van der Waals surface area contributed by atoms with Gasteiger partial charge >= 0.3 is 0 Å². The minimum atomic E-state index is -0.270. The molecule has 1 saturated heterocycles. The minimum Gasteiger partial charge on any atom is -0.358 e. The van der Waals surface area contributed by atoms with Gasteiger partial charge in [0, 0.05) is 13.1 Å². The monoisotopic (exact) mass is 416 g/mol. The number of thiocarbonyl (C=S) groups is 1. The second kappa shape index (κ2) is 8.27. The largest absolute Gasteiger partial charge is 0.358 e. The summed E-state index contributed by atoms with van der Waals surface area (Å²) < 4.78 is 0.731. The Morgan fingerprint density at radius 2 is 1.73 bits per heavy atom. The van der Waals surface area contributed by atoms with Gasteiger partial charge in [0.15, 0.2) is 0 Å². The number of thioether (sulfide) groups is 1. The van der Waals surface area contributed by atoms with Crippen molar-refractivity contribution in [3.63, 3.8) is 0 Å². The Morgan fingerprint density at radius 3 is 2.27 bits per heavy atom. The van der Waals surface area contributed by atoms with Crippen LogP contribution in [0, 0.1) is 0 Å². The van der Waals surface area contributed by atoms with Crippen molar-refractivity contribution in [2.75, 3.05) is 24.2 Å². The summed E-state index contributed by atoms with van der Waals surface area (Å²) in [6.07, 6.45) is 2.28. The van der Waals surface area contributed by atoms with E-state index in [-0.39, 0.29) is 37.4 Å². The smallest absolute Gasteiger partial charge is 0.234 e. The van der Waals surface area contributed by atoms with Crippen molar-refractivity contribution >= 4 is 86.3 Å². The molecule has 1 heterocycles. The number of nitrogens with one attached hydrogen (secondary N) is 1. The van der Waals surface area contributed by atoms with E-state index < -0.39 is 0 Å². The molecule has 1 N–H and O–H groups in total. The van der Waals surface area contributed by atoms with Gasteiger partial charge in [-0.05, 0) is 18.9 Å². The van der Waals surface area contributed by atoms with E-state index >= 15 is 0 Å². The number of hydrogen-bond acceptors (Lipinski definition) is 3. The van der Waals surface area contributed by atoms with E-state index in [4.69, 9.17) is 58.6 Å². The fourth-order valence-electron chi connectivity index (χ4n) is 1.98. The molecule has 1 fully saturated rings. The van der Waals surface area contributed by atoms with Gasteiger partial charge in [-0.3, -0.25) is 4.79 Å². The minimum absolute atomic E-state index is 0.163. The van der Waals surface area contributed by atoms with Gasteiger partial charge in [0.1, 0.15) is 4.32 Å². The number of halogens is 4. The first-order valence-corrected chi connectivity index (χ1v) is 9.35. The number of carbonyl (C=O) groups is 1. The number of likely N-dealkylation sites (tertiary alicyclic amines) is 1. The van der Waals surface area contributed by atoms with Crippen molar-refractivity contribution in [2.24, 2.45) is 0 Å². The van der Waals surface area contributed by atoms with Gasteiger partial charge in [0.05, 0.1) is 31.5 Å². The van der Waals surface area contributed by atoms with Gasteiger partial charge in [0.2, 0.25) is 5.91 Å². The maximum Gasteiger partial charge on any atom is 0.234 e. The maximum atomic E-state index is 12.0. The number of amides is 1. The molecule has 0 radical (unpaired) electrons. The Morgan fingerprint density at radius 1 is 1.18 bits per heavy atom. The molecule has 22 heavy (non-hydrogen) atoms. The first kappa shape index (κ1) is 18.4. The zero-order valence-electron chi connectivity index (χ0n) is 11.3. The Bertz CT molecular complexity index is 580. The molecule has 0 saturated carbocycles. The molecular weight excluding hydrogens is 406 g/mol. The third-order valence-corrected chi connectivity index (χ3v) is 6.17. The van der Waals surface area contributed by atoms with Crippen LogP contribution in [0.15, 0.2) is 6.07 Å². The van der Waals surface area contributed by atoms with E-state index in [1.807, 2.05) is 0 Å². The number of hydrogen-bond donors (Lipinski definition) is 1. The molecule has 0 aliphatic carbocycles. The topological polar surface area (TPSA) is 32.3 Å². The maximum absolute atomic E-state index is 12.0. The Balaban J connectivity index is 1.96. The van der Waals surface area contributed by atoms with Crippen molar-refractivity contribution in [1.29, 1.82) is 0 Å². The van der Waals surface area contributed by atoms with Crippen molar-refractivity contribution in [2.45, 2.75) is 12.8 Å². The molecule has 120 valence electrons. The lowest BCUT2D eigenvalue weighted by atomic mass is 10.3. The van der Waals surface area contributed by atoms with Crippen molar-refractivity contribution in [3.05, 3.63) is 26.2 Å². The average Bonchev–Trinajstić information content (AvgIpc) is 3.01. The van der Waals surface area contributed by atoms with Crippen LogP contribution in [0.3, 0.4) is 0 Å². The van der Waals surface area contributed by atoms with Crippen molar-refractivity contribution in [1.82, 2.24) is 4.90 Å². The highest BCUT2D eigenvalue weighted by atomic mass is 35.5. The highest BCUT2D eigenvalue weighted by Gasteiger charge is 2.19. The molecule has 1 aliphatic heterocycles. The molecule has 3 nitrogen and oxygen atoms in total. The van der Waals surface area contributed by atoms with Gasteiger partial charge in [-0.2, -0.15) is 0 Å². The zero-order chi connectivity index (χ0) is 16.3. The van der Waals surface area contributed by atoms with Crippen LogP contribution in [0.25, 0.3) is 0 Å². The Labute approximate surface area is 158 Å². The lowest BCUT2D eigenvalue weighted by Gasteiger charge is -2.17. The second-order valence-electron chi connectivity index (χ2n) is 4.64. The average molecular weight is 418 g/mol. The van der Waals surface area contributed by atoms with Gasteiger partial charge < -0.3 is 10.2 Å². The molecule has 1 aliphatic rings. The standard InChI is InChI=1S/C13H12Cl4N2OS2/c14-7-5-8(15)11(17)12(10(7)16)18-9(20)6-22-13(21)19-3-1-2-4-19/h5H,1-4,6H2,(H,18,20). The van der Waals surface area contributed by atoms with E-state index in [0.717, 1.165) is 30.3 Å². The lowest BCUT2D eigenvalue weighted by Crippen LogP contribution is -2.25. The van der Waals surface area contributed by atoms with Gasteiger partial charge in [-0.1, -0.05) is 70.4 Å². The van der Waals surface area contributed by atoms with Crippen molar-refractivity contribution < 1.29 is 4.79 Å². The number of rotatable bonds is 3. The first-order chi connectivity index (χ1) is 10.4. The molecule has 0 bridgehead atoms. The van der Waals surface area contributed by atoms with E-state index in [0.29, 0.717) is 0 Å². The van der Waals surface area contributed by atoms with Crippen LogP contribution in [-0.2, 0) is 4.79 Å². The van der Waals surface area contributed by atoms with Crippen LogP contribution in [0.5, 0.6) is 0 Å². The number of nitrogens with zero attached hydrogens (tertiary/aromatic N) is 1. The van der Waals surface area contributed by atoms with Gasteiger partial charge in [-0.15, -0.1) is 0 Å². The van der Waals surface area contributed by atoms with Crippen LogP contribution in [0.2, 0.25) is 20.1 Å². The number of benzene rings is 1. The fourth-order valence-corrected chi connectivity index (χ4v) is 3.93. The van der Waals surface area contributed by atoms with Crippen LogP contribution in [0.1, 0.15) is 12.8 Å². The summed E-state index contributed by atoms with van der Waals surface area (Å²) in [5.74, 6) is -0.0970. The fraction of sp³-hybridized carbons (Fsp3) is 0.385. The summed E-state index contributed by atoms with van der Waals surface area (Å²) in [5, 5.41) is 3.42. The van der Waals surface area contributed by atoms with Crippen LogP contribution < -0.4 is 5.32 Å². The SMILES string of the molecule is O=C(CSC(=S)N1CCCC1)Nc1c(Cl)c(Cl)cc(Cl)c1Cl. The molecule has 1 amide bonds. The Kier molecular flexibility index (Phi) is 6.92. The van der Waals surface area contributed by atoms with E-state index in [1.54, 1.807) is 0 Å². The quantitative estimate of drug-likeness (QED) is 0.530.